The van der Waals surface area contributed by atoms with Gasteiger partial charge in [0.1, 0.15) is 5.75 Å². The van der Waals surface area contributed by atoms with Crippen LogP contribution in [0.15, 0.2) is 12.1 Å². The van der Waals surface area contributed by atoms with Gasteiger partial charge in [-0.15, -0.1) is 0 Å². The largest absolute Gasteiger partial charge is 0.493 e. The first-order valence-electron chi connectivity index (χ1n) is 7.83. The van der Waals surface area contributed by atoms with Gasteiger partial charge in [0.15, 0.2) is 0 Å². The van der Waals surface area contributed by atoms with Gasteiger partial charge in [-0.25, -0.2) is 0 Å². The van der Waals surface area contributed by atoms with Crippen LogP contribution >= 0.6 is 11.6 Å². The fourth-order valence-corrected chi connectivity index (χ4v) is 3.64. The van der Waals surface area contributed by atoms with Gasteiger partial charge < -0.3 is 10.1 Å². The summed E-state index contributed by atoms with van der Waals surface area (Å²) in [6.07, 6.45) is 5.88. The Morgan fingerprint density at radius 2 is 1.95 bits per heavy atom. The van der Waals surface area contributed by atoms with Crippen LogP contribution < -0.4 is 10.1 Å². The Balaban J connectivity index is 2.35. The van der Waals surface area contributed by atoms with Crippen LogP contribution in [0.5, 0.6) is 5.75 Å². The SMILES string of the molecule is CCCC(CCC)C(NC)c1cc(Cl)cc2c1OCC2. The summed E-state index contributed by atoms with van der Waals surface area (Å²) in [5, 5.41) is 4.34. The lowest BCUT2D eigenvalue weighted by molar-refractivity contribution is 0.309. The maximum absolute atomic E-state index is 6.31. The van der Waals surface area contributed by atoms with E-state index in [4.69, 9.17) is 16.3 Å². The van der Waals surface area contributed by atoms with Gasteiger partial charge >= 0.3 is 0 Å². The van der Waals surface area contributed by atoms with Crippen molar-refractivity contribution < 1.29 is 4.74 Å². The van der Waals surface area contributed by atoms with Crippen molar-refractivity contribution in [2.75, 3.05) is 13.7 Å². The van der Waals surface area contributed by atoms with E-state index in [1.165, 1.54) is 36.8 Å². The molecule has 0 saturated carbocycles. The Morgan fingerprint density at radius 3 is 2.55 bits per heavy atom. The maximum atomic E-state index is 6.31. The summed E-state index contributed by atoms with van der Waals surface area (Å²) in [4.78, 5) is 0. The molecule has 0 radical (unpaired) electrons. The van der Waals surface area contributed by atoms with Crippen LogP contribution in [-0.2, 0) is 6.42 Å². The number of hydrogen-bond donors (Lipinski definition) is 1. The third-order valence-electron chi connectivity index (χ3n) is 4.21. The molecule has 1 aliphatic heterocycles. The average Bonchev–Trinajstić information content (AvgIpc) is 2.88. The highest BCUT2D eigenvalue weighted by Gasteiger charge is 2.27. The van der Waals surface area contributed by atoms with Crippen molar-refractivity contribution in [3.05, 3.63) is 28.3 Å². The average molecular weight is 296 g/mol. The minimum absolute atomic E-state index is 0.334. The Labute approximate surface area is 127 Å². The lowest BCUT2D eigenvalue weighted by Crippen LogP contribution is -2.26. The molecule has 0 aliphatic carbocycles. The molecule has 20 heavy (non-hydrogen) atoms. The summed E-state index contributed by atoms with van der Waals surface area (Å²) in [5.41, 5.74) is 2.51. The monoisotopic (exact) mass is 295 g/mol. The lowest BCUT2D eigenvalue weighted by Gasteiger charge is -2.28. The van der Waals surface area contributed by atoms with Gasteiger partial charge in [0, 0.05) is 23.0 Å². The molecule has 2 rings (SSSR count). The van der Waals surface area contributed by atoms with Crippen LogP contribution in [0.1, 0.15) is 56.7 Å². The Hall–Kier alpha value is -0.730. The summed E-state index contributed by atoms with van der Waals surface area (Å²) in [5.74, 6) is 1.72. The first-order valence-corrected chi connectivity index (χ1v) is 8.21. The zero-order valence-corrected chi connectivity index (χ0v) is 13.6. The number of ether oxygens (including phenoxy) is 1. The van der Waals surface area contributed by atoms with Crippen molar-refractivity contribution in [3.8, 4) is 5.75 Å². The molecule has 0 amide bonds. The van der Waals surface area contributed by atoms with E-state index < -0.39 is 0 Å². The van der Waals surface area contributed by atoms with Gasteiger partial charge in [0.25, 0.3) is 0 Å². The topological polar surface area (TPSA) is 21.3 Å². The van der Waals surface area contributed by atoms with Gasteiger partial charge in [-0.1, -0.05) is 38.3 Å². The third-order valence-corrected chi connectivity index (χ3v) is 4.43. The number of hydrogen-bond acceptors (Lipinski definition) is 2. The Kier molecular flexibility index (Phi) is 5.74. The van der Waals surface area contributed by atoms with Crippen LogP contribution in [-0.4, -0.2) is 13.7 Å². The molecule has 1 aliphatic rings. The molecule has 3 heteroatoms. The van der Waals surface area contributed by atoms with Crippen molar-refractivity contribution in [3.63, 3.8) is 0 Å². The van der Waals surface area contributed by atoms with Gasteiger partial charge in [0.05, 0.1) is 6.61 Å². The first kappa shape index (κ1) is 15.7. The second-order valence-electron chi connectivity index (χ2n) is 5.69. The molecule has 0 bridgehead atoms. The molecule has 1 unspecified atom stereocenters. The minimum Gasteiger partial charge on any atom is -0.493 e. The van der Waals surface area contributed by atoms with Crippen LogP contribution in [0.4, 0.5) is 0 Å². The molecule has 1 N–H and O–H groups in total. The lowest BCUT2D eigenvalue weighted by atomic mass is 9.85. The van der Waals surface area contributed by atoms with E-state index in [2.05, 4.69) is 31.3 Å². The highest BCUT2D eigenvalue weighted by Crippen LogP contribution is 2.40. The third kappa shape index (κ3) is 3.29. The van der Waals surface area contributed by atoms with E-state index in [0.29, 0.717) is 12.0 Å². The van der Waals surface area contributed by atoms with Crippen molar-refractivity contribution in [2.45, 2.75) is 52.0 Å². The molecule has 1 atom stereocenters. The summed E-state index contributed by atoms with van der Waals surface area (Å²) >= 11 is 6.31. The summed E-state index contributed by atoms with van der Waals surface area (Å²) in [6.45, 7) is 5.30. The van der Waals surface area contributed by atoms with Crippen molar-refractivity contribution in [1.82, 2.24) is 5.32 Å². The molecule has 0 saturated heterocycles. The van der Waals surface area contributed by atoms with Crippen molar-refractivity contribution >= 4 is 11.6 Å². The number of benzene rings is 1. The minimum atomic E-state index is 0.334. The zero-order valence-electron chi connectivity index (χ0n) is 12.8. The summed E-state index contributed by atoms with van der Waals surface area (Å²) < 4.78 is 5.88. The van der Waals surface area contributed by atoms with Crippen molar-refractivity contribution in [2.24, 2.45) is 5.92 Å². The smallest absolute Gasteiger partial charge is 0.127 e. The summed E-state index contributed by atoms with van der Waals surface area (Å²) in [7, 11) is 2.05. The maximum Gasteiger partial charge on any atom is 0.127 e. The second kappa shape index (κ2) is 7.33. The molecule has 1 heterocycles. The molecule has 1 aromatic carbocycles. The summed E-state index contributed by atoms with van der Waals surface area (Å²) in [6, 6.07) is 4.47. The van der Waals surface area contributed by atoms with Gasteiger partial charge in [-0.2, -0.15) is 0 Å². The molecule has 0 spiro atoms. The zero-order chi connectivity index (χ0) is 14.5. The van der Waals surface area contributed by atoms with E-state index in [1.807, 2.05) is 7.05 Å². The quantitative estimate of drug-likeness (QED) is 0.783. The van der Waals surface area contributed by atoms with Gasteiger partial charge in [-0.3, -0.25) is 0 Å². The first-order chi connectivity index (χ1) is 9.71. The van der Waals surface area contributed by atoms with Crippen LogP contribution in [0, 0.1) is 5.92 Å². The van der Waals surface area contributed by atoms with E-state index >= 15 is 0 Å². The van der Waals surface area contributed by atoms with Gasteiger partial charge in [0.2, 0.25) is 0 Å². The Bertz CT molecular complexity index is 441. The number of rotatable bonds is 7. The molecule has 0 fully saturated rings. The Morgan fingerprint density at radius 1 is 1.25 bits per heavy atom. The highest BCUT2D eigenvalue weighted by molar-refractivity contribution is 6.30. The van der Waals surface area contributed by atoms with Crippen LogP contribution in [0.3, 0.4) is 0 Å². The normalized spacial score (nSPS) is 15.2. The molecule has 1 aromatic rings. The van der Waals surface area contributed by atoms with Crippen molar-refractivity contribution in [1.29, 1.82) is 0 Å². The molecule has 112 valence electrons. The predicted octanol–water partition coefficient (Wildman–Crippen LogP) is 4.75. The fraction of sp³-hybridized carbons (Fsp3) is 0.647. The number of fused-ring (bicyclic) bond motifs is 1. The number of halogens is 1. The molecule has 0 aromatic heterocycles. The molecule has 2 nitrogen and oxygen atoms in total. The van der Waals surface area contributed by atoms with Crippen LogP contribution in [0.2, 0.25) is 5.02 Å². The fourth-order valence-electron chi connectivity index (χ4n) is 3.39. The van der Waals surface area contributed by atoms with E-state index in [-0.39, 0.29) is 0 Å². The van der Waals surface area contributed by atoms with E-state index in [1.54, 1.807) is 0 Å². The molecular weight excluding hydrogens is 270 g/mol. The van der Waals surface area contributed by atoms with E-state index in [0.717, 1.165) is 23.8 Å². The number of nitrogens with one attached hydrogen (secondary N) is 1. The highest BCUT2D eigenvalue weighted by atomic mass is 35.5. The van der Waals surface area contributed by atoms with E-state index in [9.17, 15) is 0 Å². The second-order valence-corrected chi connectivity index (χ2v) is 6.12. The predicted molar refractivity (Wildman–Crippen MR) is 85.8 cm³/mol. The standard InChI is InChI=1S/C17H26ClNO/c1-4-6-12(7-5-2)16(19-3)15-11-14(18)10-13-8-9-20-17(13)15/h10-12,16,19H,4-9H2,1-3H3. The molecular formula is C17H26ClNO. The van der Waals surface area contributed by atoms with Crippen LogP contribution in [0.25, 0.3) is 0 Å². The van der Waals surface area contributed by atoms with Gasteiger partial charge in [-0.05, 0) is 43.5 Å².